The first-order valence-electron chi connectivity index (χ1n) is 9.16. The largest absolute Gasteiger partial charge is 0.479 e. The number of carboxylic acids is 1. The Labute approximate surface area is 179 Å². The molecule has 2 amide bonds. The quantitative estimate of drug-likeness (QED) is 0.435. The number of nitrogens with zero attached hydrogens (tertiary/aromatic N) is 1. The molecule has 1 heterocycles. The van der Waals surface area contributed by atoms with Crippen molar-refractivity contribution >= 4 is 46.9 Å². The molecule has 1 atom stereocenters. The number of carbonyl (C=O) groups is 3. The van der Waals surface area contributed by atoms with Crippen LogP contribution in [-0.2, 0) is 14.4 Å². The van der Waals surface area contributed by atoms with Crippen LogP contribution in [-0.4, -0.2) is 34.1 Å². The lowest BCUT2D eigenvalue weighted by molar-refractivity contribution is -0.144. The maximum Gasteiger partial charge on any atom is 0.344 e. The Bertz CT molecular complexity index is 1080. The predicted octanol–water partition coefficient (Wildman–Crippen LogP) is 2.99. The van der Waals surface area contributed by atoms with E-state index < -0.39 is 23.9 Å². The van der Waals surface area contributed by atoms with Crippen molar-refractivity contribution in [3.63, 3.8) is 0 Å². The Balaban J connectivity index is 1.91. The van der Waals surface area contributed by atoms with Crippen molar-refractivity contribution in [1.82, 2.24) is 5.32 Å². The van der Waals surface area contributed by atoms with Crippen LogP contribution in [0.1, 0.15) is 23.6 Å². The van der Waals surface area contributed by atoms with E-state index in [1.165, 1.54) is 17.9 Å². The predicted molar refractivity (Wildman–Crippen MR) is 116 cm³/mol. The van der Waals surface area contributed by atoms with Gasteiger partial charge in [-0.1, -0.05) is 24.3 Å². The molecule has 0 bridgehead atoms. The highest BCUT2D eigenvalue weighted by Gasteiger charge is 2.35. The molecule has 0 aromatic heterocycles. The van der Waals surface area contributed by atoms with Gasteiger partial charge in [0.05, 0.1) is 5.69 Å². The van der Waals surface area contributed by atoms with Gasteiger partial charge in [0, 0.05) is 0 Å². The van der Waals surface area contributed by atoms with Crippen LogP contribution >= 0.6 is 12.2 Å². The summed E-state index contributed by atoms with van der Waals surface area (Å²) < 4.78 is 5.28. The van der Waals surface area contributed by atoms with Gasteiger partial charge in [-0.3, -0.25) is 19.8 Å². The van der Waals surface area contributed by atoms with Gasteiger partial charge in [-0.2, -0.15) is 0 Å². The minimum Gasteiger partial charge on any atom is -0.479 e. The number of benzene rings is 2. The van der Waals surface area contributed by atoms with E-state index in [2.05, 4.69) is 5.32 Å². The third-order valence-electron chi connectivity index (χ3n) is 4.77. The van der Waals surface area contributed by atoms with Gasteiger partial charge in [-0.15, -0.1) is 0 Å². The molecule has 0 aliphatic carbocycles. The number of anilines is 1. The van der Waals surface area contributed by atoms with Crippen molar-refractivity contribution in [2.75, 3.05) is 4.90 Å². The van der Waals surface area contributed by atoms with Gasteiger partial charge in [-0.25, -0.2) is 4.79 Å². The highest BCUT2D eigenvalue weighted by Crippen LogP contribution is 2.27. The van der Waals surface area contributed by atoms with Crippen molar-refractivity contribution in [1.29, 1.82) is 0 Å². The average Bonchev–Trinajstić information content (AvgIpc) is 2.69. The smallest absolute Gasteiger partial charge is 0.344 e. The van der Waals surface area contributed by atoms with Gasteiger partial charge in [0.2, 0.25) is 0 Å². The van der Waals surface area contributed by atoms with E-state index >= 15 is 0 Å². The Morgan fingerprint density at radius 2 is 1.83 bits per heavy atom. The van der Waals surface area contributed by atoms with Crippen molar-refractivity contribution in [2.24, 2.45) is 0 Å². The number of hydrogen-bond acceptors (Lipinski definition) is 5. The Morgan fingerprint density at radius 1 is 1.17 bits per heavy atom. The molecule has 0 radical (unpaired) electrons. The molecule has 0 unspecified atom stereocenters. The molecule has 2 N–H and O–H groups in total. The fourth-order valence-corrected chi connectivity index (χ4v) is 3.19. The first-order valence-corrected chi connectivity index (χ1v) is 9.57. The fraction of sp³-hybridized carbons (Fsp3) is 0.182. The molecular weight excluding hydrogens is 404 g/mol. The zero-order chi connectivity index (χ0) is 22.0. The molecule has 2 aromatic rings. The number of amides is 2. The van der Waals surface area contributed by atoms with Crippen LogP contribution in [0.5, 0.6) is 5.75 Å². The van der Waals surface area contributed by atoms with Crippen molar-refractivity contribution in [3.8, 4) is 5.75 Å². The molecule has 8 heteroatoms. The third kappa shape index (κ3) is 4.23. The summed E-state index contributed by atoms with van der Waals surface area (Å²) in [6.07, 6.45) is 0.467. The molecule has 3 rings (SSSR count). The van der Waals surface area contributed by atoms with E-state index in [1.807, 2.05) is 26.0 Å². The summed E-state index contributed by atoms with van der Waals surface area (Å²) in [6, 6.07) is 11.9. The van der Waals surface area contributed by atoms with E-state index in [1.54, 1.807) is 30.3 Å². The van der Waals surface area contributed by atoms with E-state index in [0.29, 0.717) is 17.0 Å². The zero-order valence-electron chi connectivity index (χ0n) is 16.6. The molecule has 0 saturated carbocycles. The molecule has 154 valence electrons. The zero-order valence-corrected chi connectivity index (χ0v) is 17.4. The Kier molecular flexibility index (Phi) is 5.98. The van der Waals surface area contributed by atoms with Gasteiger partial charge in [0.15, 0.2) is 11.2 Å². The SMILES string of the molecule is Cc1cccc(N2C(=O)/C(=C/c3ccc(O[C@@H](C)C(=O)O)cc3)C(=O)NC2=S)c1C. The maximum atomic E-state index is 13.1. The fourth-order valence-electron chi connectivity index (χ4n) is 2.92. The van der Waals surface area contributed by atoms with E-state index in [9.17, 15) is 14.4 Å². The standard InChI is InChI=1S/C22H20N2O5S/c1-12-5-4-6-18(13(12)2)24-20(26)17(19(25)23-22(24)30)11-15-7-9-16(10-8-15)29-14(3)21(27)28/h4-11,14H,1-3H3,(H,27,28)(H,23,25,30)/b17-11+/t14-/m0/s1. The van der Waals surface area contributed by atoms with Crippen LogP contribution in [0.4, 0.5) is 5.69 Å². The molecule has 1 saturated heterocycles. The summed E-state index contributed by atoms with van der Waals surface area (Å²) >= 11 is 5.24. The molecule has 30 heavy (non-hydrogen) atoms. The van der Waals surface area contributed by atoms with Gasteiger partial charge in [0.25, 0.3) is 11.8 Å². The van der Waals surface area contributed by atoms with Crippen LogP contribution in [0, 0.1) is 13.8 Å². The second-order valence-corrected chi connectivity index (χ2v) is 7.23. The Hall–Kier alpha value is -3.52. The molecule has 1 aliphatic rings. The number of aryl methyl sites for hydroxylation is 1. The highest BCUT2D eigenvalue weighted by molar-refractivity contribution is 7.80. The molecule has 2 aromatic carbocycles. The minimum atomic E-state index is -1.08. The molecule has 7 nitrogen and oxygen atoms in total. The summed E-state index contributed by atoms with van der Waals surface area (Å²) in [6.45, 7) is 5.24. The minimum absolute atomic E-state index is 0.0299. The van der Waals surface area contributed by atoms with Crippen LogP contribution in [0.3, 0.4) is 0 Å². The summed E-state index contributed by atoms with van der Waals surface area (Å²) in [5.41, 5.74) is 3.02. The molecule has 1 aliphatic heterocycles. The van der Waals surface area contributed by atoms with Crippen molar-refractivity contribution < 1.29 is 24.2 Å². The van der Waals surface area contributed by atoms with Gasteiger partial charge < -0.3 is 9.84 Å². The molecule has 0 spiro atoms. The van der Waals surface area contributed by atoms with Gasteiger partial charge in [-0.05, 0) is 74.0 Å². The normalized spacial score (nSPS) is 16.4. The Morgan fingerprint density at radius 3 is 2.47 bits per heavy atom. The van der Waals surface area contributed by atoms with Crippen molar-refractivity contribution in [2.45, 2.75) is 26.9 Å². The maximum absolute atomic E-state index is 13.1. The number of carboxylic acid groups (broad SMARTS) is 1. The van der Waals surface area contributed by atoms with Gasteiger partial charge >= 0.3 is 5.97 Å². The lowest BCUT2D eigenvalue weighted by atomic mass is 10.0. The average molecular weight is 424 g/mol. The first kappa shape index (κ1) is 21.2. The molecule has 1 fully saturated rings. The number of aliphatic carboxylic acids is 1. The van der Waals surface area contributed by atoms with Crippen LogP contribution in [0.2, 0.25) is 0 Å². The van der Waals surface area contributed by atoms with Crippen LogP contribution in [0.25, 0.3) is 6.08 Å². The van der Waals surface area contributed by atoms with E-state index in [-0.39, 0.29) is 10.7 Å². The highest BCUT2D eigenvalue weighted by atomic mass is 32.1. The van der Waals surface area contributed by atoms with Crippen LogP contribution < -0.4 is 15.0 Å². The summed E-state index contributed by atoms with van der Waals surface area (Å²) in [5.74, 6) is -1.80. The number of ether oxygens (including phenoxy) is 1. The number of thiocarbonyl (C=S) groups is 1. The number of rotatable bonds is 5. The lowest BCUT2D eigenvalue weighted by Gasteiger charge is -2.30. The van der Waals surface area contributed by atoms with Crippen molar-refractivity contribution in [3.05, 3.63) is 64.7 Å². The first-order chi connectivity index (χ1) is 14.2. The van der Waals surface area contributed by atoms with Crippen LogP contribution in [0.15, 0.2) is 48.0 Å². The number of carbonyl (C=O) groups excluding carboxylic acids is 2. The monoisotopic (exact) mass is 424 g/mol. The summed E-state index contributed by atoms with van der Waals surface area (Å²) in [4.78, 5) is 37.8. The topological polar surface area (TPSA) is 95.9 Å². The summed E-state index contributed by atoms with van der Waals surface area (Å²) in [7, 11) is 0. The van der Waals surface area contributed by atoms with E-state index in [0.717, 1.165) is 11.1 Å². The number of hydrogen-bond donors (Lipinski definition) is 2. The second-order valence-electron chi connectivity index (χ2n) is 6.84. The lowest BCUT2D eigenvalue weighted by Crippen LogP contribution is -2.54. The second kappa shape index (κ2) is 8.46. The van der Waals surface area contributed by atoms with E-state index in [4.69, 9.17) is 22.1 Å². The van der Waals surface area contributed by atoms with Gasteiger partial charge in [0.1, 0.15) is 11.3 Å². The molecular formula is C22H20N2O5S. The number of nitrogens with one attached hydrogen (secondary N) is 1. The third-order valence-corrected chi connectivity index (χ3v) is 5.05. The summed E-state index contributed by atoms with van der Waals surface area (Å²) in [5, 5.41) is 11.5.